The van der Waals surface area contributed by atoms with E-state index in [0.717, 1.165) is 4.09 Å². The molecule has 8 nitrogen and oxygen atoms in total. The highest BCUT2D eigenvalue weighted by Crippen LogP contribution is 2.29. The van der Waals surface area contributed by atoms with E-state index >= 15 is 0 Å². The predicted molar refractivity (Wildman–Crippen MR) is 91.8 cm³/mol. The minimum absolute atomic E-state index is 0.142. The molecule has 0 unspecified atom stereocenters. The predicted octanol–water partition coefficient (Wildman–Crippen LogP) is 1.84. The first-order chi connectivity index (χ1) is 11.4. The molecule has 2 rings (SSSR count). The van der Waals surface area contributed by atoms with E-state index in [9.17, 15) is 13.5 Å². The van der Waals surface area contributed by atoms with E-state index in [-0.39, 0.29) is 35.3 Å². The van der Waals surface area contributed by atoms with Crippen LogP contribution in [0.2, 0.25) is 0 Å². The van der Waals surface area contributed by atoms with Crippen molar-refractivity contribution in [1.29, 1.82) is 0 Å². The third-order valence-corrected chi connectivity index (χ3v) is 3.77. The van der Waals surface area contributed by atoms with Gasteiger partial charge < -0.3 is 16.0 Å². The summed E-state index contributed by atoms with van der Waals surface area (Å²) in [5.41, 5.74) is 6.14. The number of nitrogens with zero attached hydrogens (tertiary/aromatic N) is 4. The second-order valence-electron chi connectivity index (χ2n) is 5.60. The number of nitrogens with one attached hydrogen (secondary N) is 1. The fraction of sp³-hybridized carbons (Fsp3) is 0.429. The zero-order chi connectivity index (χ0) is 17.9. The van der Waals surface area contributed by atoms with Gasteiger partial charge in [-0.05, 0) is 12.8 Å². The molecule has 0 bridgehead atoms. The molecule has 0 aliphatic heterocycles. The molecule has 3 N–H and O–H groups in total. The van der Waals surface area contributed by atoms with Crippen LogP contribution in [-0.2, 0) is 9.59 Å². The van der Waals surface area contributed by atoms with Crippen LogP contribution >= 0.6 is 12.3 Å². The number of likely N-dealkylation sites (N-methyl/N-ethyl adjacent to an activating group) is 1. The van der Waals surface area contributed by atoms with Crippen molar-refractivity contribution in [3.05, 3.63) is 12.4 Å². The number of rotatable bonds is 5. The summed E-state index contributed by atoms with van der Waals surface area (Å²) in [5.74, 6) is -1.09. The van der Waals surface area contributed by atoms with Crippen LogP contribution in [0.25, 0.3) is 10.9 Å². The number of pyridine rings is 1. The first kappa shape index (κ1) is 18.0. The van der Waals surface area contributed by atoms with Crippen molar-refractivity contribution >= 4 is 46.6 Å². The van der Waals surface area contributed by atoms with E-state index in [4.69, 9.17) is 5.73 Å². The highest BCUT2D eigenvalue weighted by molar-refractivity contribution is 7.92. The quantitative estimate of drug-likeness (QED) is 0.794. The molecule has 2 heterocycles. The van der Waals surface area contributed by atoms with Gasteiger partial charge >= 0.3 is 11.8 Å². The number of halogens is 1. The number of fused-ring (bicyclic) bond motifs is 1. The topological polar surface area (TPSA) is 106 Å². The van der Waals surface area contributed by atoms with Crippen LogP contribution in [0.4, 0.5) is 15.4 Å². The van der Waals surface area contributed by atoms with Crippen LogP contribution in [0.15, 0.2) is 12.4 Å². The first-order valence-electron chi connectivity index (χ1n) is 7.40. The number of aromatic nitrogens is 3. The molecular weight excluding hydrogens is 335 g/mol. The van der Waals surface area contributed by atoms with Gasteiger partial charge in [0.2, 0.25) is 0 Å². The molecule has 2 amide bonds. The summed E-state index contributed by atoms with van der Waals surface area (Å²) < 4.78 is 13.9. The summed E-state index contributed by atoms with van der Waals surface area (Å²) in [4.78, 5) is 29.9. The molecule has 0 spiro atoms. The summed E-state index contributed by atoms with van der Waals surface area (Å²) in [6, 6.07) is 0. The van der Waals surface area contributed by atoms with Crippen molar-refractivity contribution in [3.63, 3.8) is 0 Å². The lowest BCUT2D eigenvalue weighted by atomic mass is 10.2. The van der Waals surface area contributed by atoms with Crippen LogP contribution in [0.3, 0.4) is 0 Å². The Hall–Kier alpha value is -2.36. The molecule has 2 aromatic heterocycles. The second kappa shape index (κ2) is 7.47. The van der Waals surface area contributed by atoms with Crippen LogP contribution in [0.5, 0.6) is 0 Å². The Kier molecular flexibility index (Phi) is 5.60. The number of nitrogens with two attached hydrogens (primary N) is 1. The second-order valence-corrected chi connectivity index (χ2v) is 6.08. The number of anilines is 2. The van der Waals surface area contributed by atoms with Crippen molar-refractivity contribution in [2.75, 3.05) is 24.1 Å². The van der Waals surface area contributed by atoms with Crippen molar-refractivity contribution in [2.24, 2.45) is 5.92 Å². The van der Waals surface area contributed by atoms with Gasteiger partial charge in [0.15, 0.2) is 12.3 Å². The molecular formula is C14H19FN6O2S. The molecule has 130 valence electrons. The monoisotopic (exact) mass is 354 g/mol. The highest BCUT2D eigenvalue weighted by atomic mass is 32.2. The Labute approximate surface area is 143 Å². The molecule has 0 aliphatic carbocycles. The molecule has 0 atom stereocenters. The van der Waals surface area contributed by atoms with E-state index in [1.807, 2.05) is 13.8 Å². The Morgan fingerprint density at radius 3 is 2.75 bits per heavy atom. The Morgan fingerprint density at radius 2 is 2.17 bits per heavy atom. The fourth-order valence-corrected chi connectivity index (χ4v) is 2.64. The Morgan fingerprint density at radius 1 is 1.46 bits per heavy atom. The van der Waals surface area contributed by atoms with Gasteiger partial charge in [0, 0.05) is 13.1 Å². The third-order valence-electron chi connectivity index (χ3n) is 3.36. The molecule has 24 heavy (non-hydrogen) atoms. The van der Waals surface area contributed by atoms with E-state index in [2.05, 4.69) is 15.4 Å². The zero-order valence-corrected chi connectivity index (χ0v) is 14.4. The number of hydrogen-bond donors (Lipinski definition) is 2. The van der Waals surface area contributed by atoms with Gasteiger partial charge in [-0.15, -0.1) is 3.89 Å². The molecule has 0 aromatic carbocycles. The van der Waals surface area contributed by atoms with E-state index in [1.54, 1.807) is 6.92 Å². The van der Waals surface area contributed by atoms with Crippen LogP contribution in [-0.4, -0.2) is 44.0 Å². The number of hydrogen-bond acceptors (Lipinski definition) is 6. The molecule has 2 aromatic rings. The number of nitrogen functional groups attached to an aromatic ring is 1. The van der Waals surface area contributed by atoms with Gasteiger partial charge in [-0.2, -0.15) is 9.19 Å². The van der Waals surface area contributed by atoms with Gasteiger partial charge in [0.25, 0.3) is 0 Å². The van der Waals surface area contributed by atoms with Crippen LogP contribution < -0.4 is 11.1 Å². The maximum Gasteiger partial charge on any atom is 0.314 e. The summed E-state index contributed by atoms with van der Waals surface area (Å²) >= 11 is -0.142. The highest BCUT2D eigenvalue weighted by Gasteiger charge is 2.23. The number of amides is 2. The standard InChI is InChI=1S/C14H19FN6O2S/c1-4-20(7-8(2)3)14(23)13(22)19-10-6-17-12(16)9-5-18-21(24-15)11(9)10/h5-6,8H,4,7H2,1-3H3,(H2,16,17)(H,19,22). The smallest absolute Gasteiger partial charge is 0.314 e. The molecule has 0 fully saturated rings. The molecule has 0 aliphatic rings. The van der Waals surface area contributed by atoms with E-state index in [0.29, 0.717) is 18.5 Å². The van der Waals surface area contributed by atoms with Gasteiger partial charge in [0.1, 0.15) is 11.3 Å². The van der Waals surface area contributed by atoms with Crippen molar-refractivity contribution < 1.29 is 13.5 Å². The maximum absolute atomic E-state index is 13.0. The van der Waals surface area contributed by atoms with Crippen LogP contribution in [0.1, 0.15) is 20.8 Å². The first-order valence-corrected chi connectivity index (χ1v) is 8.07. The van der Waals surface area contributed by atoms with Gasteiger partial charge in [-0.3, -0.25) is 9.59 Å². The van der Waals surface area contributed by atoms with Crippen LogP contribution in [0, 0.1) is 5.92 Å². The Balaban J connectivity index is 2.29. The summed E-state index contributed by atoms with van der Waals surface area (Å²) in [5, 5.41) is 6.68. The maximum atomic E-state index is 13.0. The third kappa shape index (κ3) is 3.58. The van der Waals surface area contributed by atoms with Gasteiger partial charge in [-0.1, -0.05) is 13.8 Å². The van der Waals surface area contributed by atoms with Crippen molar-refractivity contribution in [3.8, 4) is 0 Å². The minimum Gasteiger partial charge on any atom is -0.383 e. The molecule has 0 saturated heterocycles. The van der Waals surface area contributed by atoms with Crippen molar-refractivity contribution in [2.45, 2.75) is 20.8 Å². The lowest BCUT2D eigenvalue weighted by molar-refractivity contribution is -0.143. The molecule has 10 heteroatoms. The Bertz CT molecular complexity index is 763. The normalized spacial score (nSPS) is 11.0. The summed E-state index contributed by atoms with van der Waals surface area (Å²) in [6.45, 7) is 6.59. The molecule has 0 saturated carbocycles. The minimum atomic E-state index is -0.818. The number of carbonyl (C=O) groups is 2. The van der Waals surface area contributed by atoms with Gasteiger partial charge in [-0.25, -0.2) is 4.98 Å². The average Bonchev–Trinajstić information content (AvgIpc) is 2.99. The SMILES string of the molecule is CCN(CC(C)C)C(=O)C(=O)Nc1cnc(N)c2cnn(SF)c12. The zero-order valence-electron chi connectivity index (χ0n) is 13.6. The lowest BCUT2D eigenvalue weighted by Gasteiger charge is -2.22. The average molecular weight is 354 g/mol. The van der Waals surface area contributed by atoms with E-state index in [1.165, 1.54) is 17.3 Å². The summed E-state index contributed by atoms with van der Waals surface area (Å²) in [7, 11) is 0. The summed E-state index contributed by atoms with van der Waals surface area (Å²) in [6.07, 6.45) is 2.62. The molecule has 0 radical (unpaired) electrons. The van der Waals surface area contributed by atoms with Crippen molar-refractivity contribution in [1.82, 2.24) is 19.1 Å². The number of carbonyl (C=O) groups excluding carboxylic acids is 2. The fourth-order valence-electron chi connectivity index (χ4n) is 2.29. The van der Waals surface area contributed by atoms with E-state index < -0.39 is 11.8 Å². The van der Waals surface area contributed by atoms with Gasteiger partial charge in [0.05, 0.1) is 23.5 Å². The lowest BCUT2D eigenvalue weighted by Crippen LogP contribution is -2.41. The largest absolute Gasteiger partial charge is 0.383 e.